The van der Waals surface area contributed by atoms with Crippen LogP contribution in [0.2, 0.25) is 0 Å². The summed E-state index contributed by atoms with van der Waals surface area (Å²) < 4.78 is 3.24. The molecule has 2 heterocycles. The average Bonchev–Trinajstić information content (AvgIpc) is 3.10. The summed E-state index contributed by atoms with van der Waals surface area (Å²) in [4.78, 5) is 25.9. The molecular formula is C22H21N3O2S. The van der Waals surface area contributed by atoms with Crippen LogP contribution in [0.5, 0.6) is 0 Å². The van der Waals surface area contributed by atoms with E-state index in [0.29, 0.717) is 11.9 Å². The summed E-state index contributed by atoms with van der Waals surface area (Å²) in [6.07, 6.45) is 0. The number of carbonyl (C=O) groups is 1. The number of aryl methyl sites for hydroxylation is 2. The quantitative estimate of drug-likeness (QED) is 0.569. The van der Waals surface area contributed by atoms with E-state index in [1.54, 1.807) is 18.3 Å². The Morgan fingerprint density at radius 2 is 1.86 bits per heavy atom. The number of hydrogen-bond donors (Lipinski definition) is 1. The number of hydrogen-bond acceptors (Lipinski definition) is 4. The molecule has 2 aromatic heterocycles. The van der Waals surface area contributed by atoms with Gasteiger partial charge in [0.2, 0.25) is 5.91 Å². The van der Waals surface area contributed by atoms with Gasteiger partial charge in [-0.25, -0.2) is 4.68 Å². The van der Waals surface area contributed by atoms with E-state index in [1.165, 1.54) is 4.68 Å². The molecule has 0 bridgehead atoms. The van der Waals surface area contributed by atoms with E-state index >= 15 is 0 Å². The molecule has 28 heavy (non-hydrogen) atoms. The lowest BCUT2D eigenvalue weighted by molar-refractivity contribution is -0.124. The highest BCUT2D eigenvalue weighted by Crippen LogP contribution is 2.32. The van der Waals surface area contributed by atoms with E-state index in [-0.39, 0.29) is 11.5 Å². The van der Waals surface area contributed by atoms with Crippen molar-refractivity contribution in [3.8, 4) is 0 Å². The summed E-state index contributed by atoms with van der Waals surface area (Å²) in [7, 11) is 0. The number of rotatable bonds is 4. The Kier molecular flexibility index (Phi) is 4.73. The number of thiophene rings is 1. The normalized spacial score (nSPS) is 12.4. The molecule has 4 rings (SSSR count). The van der Waals surface area contributed by atoms with E-state index in [0.717, 1.165) is 31.6 Å². The Morgan fingerprint density at radius 3 is 2.64 bits per heavy atom. The highest BCUT2D eigenvalue weighted by molar-refractivity contribution is 7.26. The summed E-state index contributed by atoms with van der Waals surface area (Å²) >= 11 is 1.56. The molecule has 1 amide bonds. The first-order chi connectivity index (χ1) is 13.5. The zero-order chi connectivity index (χ0) is 19.8. The van der Waals surface area contributed by atoms with Gasteiger partial charge in [-0.3, -0.25) is 9.59 Å². The maximum Gasteiger partial charge on any atom is 0.276 e. The topological polar surface area (TPSA) is 64.0 Å². The second-order valence-electron chi connectivity index (χ2n) is 6.96. The molecule has 0 saturated carbocycles. The van der Waals surface area contributed by atoms with Gasteiger partial charge in [0.25, 0.3) is 5.56 Å². The lowest BCUT2D eigenvalue weighted by Gasteiger charge is -2.15. The standard InChI is InChI=1S/C22H21N3O2S/c1-13-8-4-5-9-16(13)12-23-21(26)15(3)25-22(27)19-17-10-6-7-11-18(17)28-20(19)14(2)24-25/h4-11,15H,12H2,1-3H3,(H,23,26)/t15-/m0/s1. The molecule has 6 heteroatoms. The molecule has 0 aliphatic heterocycles. The number of benzene rings is 2. The van der Waals surface area contributed by atoms with Crippen LogP contribution in [0.3, 0.4) is 0 Å². The molecule has 0 spiro atoms. The van der Waals surface area contributed by atoms with Crippen molar-refractivity contribution in [3.05, 3.63) is 75.7 Å². The van der Waals surface area contributed by atoms with E-state index in [9.17, 15) is 9.59 Å². The second-order valence-corrected chi connectivity index (χ2v) is 8.01. The van der Waals surface area contributed by atoms with Crippen LogP contribution in [-0.2, 0) is 11.3 Å². The third-order valence-electron chi connectivity index (χ3n) is 5.06. The minimum atomic E-state index is -0.696. The summed E-state index contributed by atoms with van der Waals surface area (Å²) in [6, 6.07) is 15.0. The van der Waals surface area contributed by atoms with Crippen LogP contribution in [0.1, 0.15) is 29.8 Å². The van der Waals surface area contributed by atoms with Gasteiger partial charge in [-0.05, 0) is 38.0 Å². The van der Waals surface area contributed by atoms with Gasteiger partial charge in [0, 0.05) is 16.6 Å². The Bertz CT molecular complexity index is 1260. The Morgan fingerprint density at radius 1 is 1.14 bits per heavy atom. The molecule has 0 fully saturated rings. The SMILES string of the molecule is Cc1ccccc1CNC(=O)[C@H](C)n1nc(C)c2sc3ccccc3c2c1=O. The predicted octanol–water partition coefficient (Wildman–Crippen LogP) is 4.11. The van der Waals surface area contributed by atoms with Crippen molar-refractivity contribution in [2.24, 2.45) is 0 Å². The molecule has 0 radical (unpaired) electrons. The van der Waals surface area contributed by atoms with Gasteiger partial charge < -0.3 is 5.32 Å². The van der Waals surface area contributed by atoms with Gasteiger partial charge >= 0.3 is 0 Å². The van der Waals surface area contributed by atoms with Crippen LogP contribution in [0.4, 0.5) is 0 Å². The van der Waals surface area contributed by atoms with Crippen LogP contribution < -0.4 is 10.9 Å². The van der Waals surface area contributed by atoms with Crippen LogP contribution in [0, 0.1) is 13.8 Å². The molecule has 0 saturated heterocycles. The molecule has 142 valence electrons. The number of carbonyl (C=O) groups excluding carboxylic acids is 1. The number of fused-ring (bicyclic) bond motifs is 3. The van der Waals surface area contributed by atoms with Crippen molar-refractivity contribution in [2.75, 3.05) is 0 Å². The zero-order valence-corrected chi connectivity index (χ0v) is 16.8. The van der Waals surface area contributed by atoms with Crippen molar-refractivity contribution >= 4 is 37.4 Å². The largest absolute Gasteiger partial charge is 0.350 e. The average molecular weight is 391 g/mol. The van der Waals surface area contributed by atoms with Gasteiger partial charge in [-0.15, -0.1) is 11.3 Å². The molecule has 5 nitrogen and oxygen atoms in total. The maximum atomic E-state index is 13.2. The number of amides is 1. The lowest BCUT2D eigenvalue weighted by atomic mass is 10.1. The van der Waals surface area contributed by atoms with E-state index in [2.05, 4.69) is 10.4 Å². The van der Waals surface area contributed by atoms with E-state index < -0.39 is 6.04 Å². The molecule has 4 aromatic rings. The molecule has 0 aliphatic carbocycles. The van der Waals surface area contributed by atoms with Crippen molar-refractivity contribution in [3.63, 3.8) is 0 Å². The minimum Gasteiger partial charge on any atom is -0.350 e. The van der Waals surface area contributed by atoms with Crippen LogP contribution >= 0.6 is 11.3 Å². The monoisotopic (exact) mass is 391 g/mol. The van der Waals surface area contributed by atoms with E-state index in [4.69, 9.17) is 0 Å². The zero-order valence-electron chi connectivity index (χ0n) is 16.0. The van der Waals surface area contributed by atoms with Crippen molar-refractivity contribution in [1.82, 2.24) is 15.1 Å². The first kappa shape index (κ1) is 18.4. The van der Waals surface area contributed by atoms with Gasteiger partial charge in [0.05, 0.1) is 15.8 Å². The van der Waals surface area contributed by atoms with Crippen LogP contribution in [-0.4, -0.2) is 15.7 Å². The van der Waals surface area contributed by atoms with Crippen molar-refractivity contribution < 1.29 is 4.79 Å². The molecule has 0 aliphatic rings. The smallest absolute Gasteiger partial charge is 0.276 e. The summed E-state index contributed by atoms with van der Waals surface area (Å²) in [5, 5.41) is 8.93. The van der Waals surface area contributed by atoms with E-state index in [1.807, 2.05) is 62.4 Å². The first-order valence-corrected chi connectivity index (χ1v) is 10.0. The molecular weight excluding hydrogens is 370 g/mol. The van der Waals surface area contributed by atoms with Gasteiger partial charge in [-0.2, -0.15) is 5.10 Å². The summed E-state index contributed by atoms with van der Waals surface area (Å²) in [5.74, 6) is -0.226. The van der Waals surface area contributed by atoms with Crippen molar-refractivity contribution in [1.29, 1.82) is 0 Å². The molecule has 1 atom stereocenters. The van der Waals surface area contributed by atoms with Crippen molar-refractivity contribution in [2.45, 2.75) is 33.4 Å². The highest BCUT2D eigenvalue weighted by Gasteiger charge is 2.21. The number of nitrogens with one attached hydrogen (secondary N) is 1. The maximum absolute atomic E-state index is 13.2. The third-order valence-corrected chi connectivity index (χ3v) is 6.34. The lowest BCUT2D eigenvalue weighted by Crippen LogP contribution is -2.37. The second kappa shape index (κ2) is 7.20. The highest BCUT2D eigenvalue weighted by atomic mass is 32.1. The van der Waals surface area contributed by atoms with Gasteiger partial charge in [-0.1, -0.05) is 42.5 Å². The number of nitrogens with zero attached hydrogens (tertiary/aromatic N) is 2. The fraction of sp³-hybridized carbons (Fsp3) is 0.227. The molecule has 1 N–H and O–H groups in total. The minimum absolute atomic E-state index is 0.225. The van der Waals surface area contributed by atoms with Crippen LogP contribution in [0.25, 0.3) is 20.2 Å². The third kappa shape index (κ3) is 3.10. The fourth-order valence-electron chi connectivity index (χ4n) is 3.39. The fourth-order valence-corrected chi connectivity index (χ4v) is 4.53. The summed E-state index contributed by atoms with van der Waals surface area (Å²) in [5.41, 5.74) is 2.71. The molecule has 0 unspecified atom stereocenters. The number of aromatic nitrogens is 2. The van der Waals surface area contributed by atoms with Crippen LogP contribution in [0.15, 0.2) is 53.3 Å². The Hall–Kier alpha value is -2.99. The molecule has 2 aromatic carbocycles. The first-order valence-electron chi connectivity index (χ1n) is 9.20. The predicted molar refractivity (Wildman–Crippen MR) is 114 cm³/mol. The van der Waals surface area contributed by atoms with Gasteiger partial charge in [0.15, 0.2) is 0 Å². The summed E-state index contributed by atoms with van der Waals surface area (Å²) in [6.45, 7) is 6.02. The van der Waals surface area contributed by atoms with Gasteiger partial charge in [0.1, 0.15) is 6.04 Å². The Balaban J connectivity index is 1.69. The Labute approximate surface area is 166 Å².